The fourth-order valence-electron chi connectivity index (χ4n) is 3.45. The molecule has 0 aliphatic carbocycles. The predicted molar refractivity (Wildman–Crippen MR) is 103 cm³/mol. The molecule has 1 atom stereocenters. The first kappa shape index (κ1) is 18.7. The number of aromatic nitrogens is 1. The van der Waals surface area contributed by atoms with E-state index in [1.807, 2.05) is 40.1 Å². The van der Waals surface area contributed by atoms with Gasteiger partial charge in [-0.1, -0.05) is 0 Å². The molecule has 6 heteroatoms. The molecule has 1 amide bonds. The van der Waals surface area contributed by atoms with Crippen LogP contribution in [0.5, 0.6) is 11.5 Å². The molecule has 1 aromatic carbocycles. The quantitative estimate of drug-likeness (QED) is 0.859. The Bertz CT molecular complexity index is 859. The number of nitrogens with zero attached hydrogens (tertiary/aromatic N) is 1. The molecule has 26 heavy (non-hydrogen) atoms. The smallest absolute Gasteiger partial charge is 0.263 e. The van der Waals surface area contributed by atoms with Gasteiger partial charge in [-0.05, 0) is 57.7 Å². The number of phenols is 1. The number of nitrogens with one attached hydrogen (secondary N) is 1. The van der Waals surface area contributed by atoms with E-state index in [2.05, 4.69) is 10.3 Å². The Balaban J connectivity index is 1.73. The highest BCUT2D eigenvalue weighted by Crippen LogP contribution is 2.43. The number of hydrogen-bond donors (Lipinski definition) is 2. The van der Waals surface area contributed by atoms with Gasteiger partial charge in [0.2, 0.25) is 0 Å². The number of hydrogen-bond acceptors (Lipinski definition) is 5. The number of thiazole rings is 1. The third-order valence-electron chi connectivity index (χ3n) is 5.48. The van der Waals surface area contributed by atoms with Crippen molar-refractivity contribution in [2.45, 2.75) is 59.5 Å². The molecule has 0 spiro atoms. The molecular formula is C20H26N2O3S. The molecule has 0 saturated heterocycles. The number of aryl methyl sites for hydroxylation is 1. The summed E-state index contributed by atoms with van der Waals surface area (Å²) in [7, 11) is 0. The minimum Gasteiger partial charge on any atom is -0.507 e. The van der Waals surface area contributed by atoms with Crippen molar-refractivity contribution in [1.29, 1.82) is 0 Å². The molecule has 0 fully saturated rings. The molecule has 1 aliphatic heterocycles. The van der Waals surface area contributed by atoms with E-state index in [9.17, 15) is 9.90 Å². The van der Waals surface area contributed by atoms with E-state index in [0.717, 1.165) is 40.1 Å². The topological polar surface area (TPSA) is 71.5 Å². The average molecular weight is 375 g/mol. The van der Waals surface area contributed by atoms with Crippen LogP contribution in [0.2, 0.25) is 0 Å². The van der Waals surface area contributed by atoms with Crippen LogP contribution >= 0.6 is 11.3 Å². The molecule has 0 bridgehead atoms. The number of benzene rings is 1. The molecule has 2 heterocycles. The Kier molecular flexibility index (Phi) is 4.97. The molecular weight excluding hydrogens is 348 g/mol. The summed E-state index contributed by atoms with van der Waals surface area (Å²) >= 11 is 1.62. The highest BCUT2D eigenvalue weighted by atomic mass is 32.1. The van der Waals surface area contributed by atoms with Crippen LogP contribution in [0.4, 0.5) is 0 Å². The number of carbonyl (C=O) groups is 1. The Labute approximate surface area is 158 Å². The standard InChI is InChI=1S/C20H26N2O3S/c1-11-12(2)18-15(13(3)17(11)23)6-8-20(5,25-18)19(24)21-9-7-16-14(4)22-10-26-16/h10,23H,6-9H2,1-5H3,(H,21,24). The van der Waals surface area contributed by atoms with Gasteiger partial charge in [0.25, 0.3) is 5.91 Å². The van der Waals surface area contributed by atoms with E-state index in [4.69, 9.17) is 4.74 Å². The molecule has 3 rings (SSSR count). The summed E-state index contributed by atoms with van der Waals surface area (Å²) in [6.45, 7) is 10.1. The van der Waals surface area contributed by atoms with Crippen LogP contribution in [0.3, 0.4) is 0 Å². The highest BCUT2D eigenvalue weighted by molar-refractivity contribution is 7.09. The molecule has 0 saturated carbocycles. The monoisotopic (exact) mass is 374 g/mol. The lowest BCUT2D eigenvalue weighted by Crippen LogP contribution is -2.51. The summed E-state index contributed by atoms with van der Waals surface area (Å²) in [5, 5.41) is 13.3. The average Bonchev–Trinajstić information content (AvgIpc) is 3.03. The van der Waals surface area contributed by atoms with Gasteiger partial charge in [0.15, 0.2) is 5.60 Å². The van der Waals surface area contributed by atoms with Crippen molar-refractivity contribution in [2.75, 3.05) is 6.54 Å². The number of ether oxygens (including phenoxy) is 1. The van der Waals surface area contributed by atoms with E-state index in [1.165, 1.54) is 4.88 Å². The van der Waals surface area contributed by atoms with Crippen LogP contribution in [-0.2, 0) is 17.6 Å². The Morgan fingerprint density at radius 1 is 1.31 bits per heavy atom. The third kappa shape index (κ3) is 3.18. The summed E-state index contributed by atoms with van der Waals surface area (Å²) in [6.07, 6.45) is 2.09. The zero-order valence-electron chi connectivity index (χ0n) is 16.0. The lowest BCUT2D eigenvalue weighted by molar-refractivity contribution is -0.136. The predicted octanol–water partition coefficient (Wildman–Crippen LogP) is 3.52. The van der Waals surface area contributed by atoms with Crippen molar-refractivity contribution in [3.8, 4) is 11.5 Å². The zero-order valence-corrected chi connectivity index (χ0v) is 16.8. The van der Waals surface area contributed by atoms with E-state index in [1.54, 1.807) is 11.3 Å². The van der Waals surface area contributed by atoms with Crippen LogP contribution < -0.4 is 10.1 Å². The van der Waals surface area contributed by atoms with Crippen molar-refractivity contribution < 1.29 is 14.6 Å². The molecule has 1 aromatic heterocycles. The van der Waals surface area contributed by atoms with Crippen LogP contribution in [0.25, 0.3) is 0 Å². The first-order valence-electron chi connectivity index (χ1n) is 8.92. The Morgan fingerprint density at radius 3 is 2.69 bits per heavy atom. The van der Waals surface area contributed by atoms with Gasteiger partial charge in [0, 0.05) is 29.8 Å². The van der Waals surface area contributed by atoms with Gasteiger partial charge in [0.1, 0.15) is 11.5 Å². The minimum absolute atomic E-state index is 0.0897. The van der Waals surface area contributed by atoms with Gasteiger partial charge in [-0.25, -0.2) is 4.98 Å². The van der Waals surface area contributed by atoms with E-state index in [-0.39, 0.29) is 5.91 Å². The molecule has 2 N–H and O–H groups in total. The lowest BCUT2D eigenvalue weighted by atomic mass is 9.86. The third-order valence-corrected chi connectivity index (χ3v) is 6.48. The highest BCUT2D eigenvalue weighted by Gasteiger charge is 2.40. The number of aromatic hydroxyl groups is 1. The van der Waals surface area contributed by atoms with Gasteiger partial charge < -0.3 is 15.2 Å². The van der Waals surface area contributed by atoms with Gasteiger partial charge in [-0.3, -0.25) is 4.79 Å². The van der Waals surface area contributed by atoms with Crippen molar-refractivity contribution in [3.63, 3.8) is 0 Å². The van der Waals surface area contributed by atoms with Gasteiger partial charge in [-0.15, -0.1) is 11.3 Å². The molecule has 2 aromatic rings. The number of phenolic OH excluding ortho intramolecular Hbond substituents is 1. The molecule has 140 valence electrons. The van der Waals surface area contributed by atoms with Crippen molar-refractivity contribution >= 4 is 17.2 Å². The summed E-state index contributed by atoms with van der Waals surface area (Å²) in [6, 6.07) is 0. The second kappa shape index (κ2) is 6.91. The number of carbonyl (C=O) groups excluding carboxylic acids is 1. The largest absolute Gasteiger partial charge is 0.507 e. The maximum Gasteiger partial charge on any atom is 0.263 e. The summed E-state index contributed by atoms with van der Waals surface area (Å²) in [4.78, 5) is 18.2. The molecule has 0 radical (unpaired) electrons. The van der Waals surface area contributed by atoms with Gasteiger partial charge >= 0.3 is 0 Å². The maximum absolute atomic E-state index is 12.8. The lowest BCUT2D eigenvalue weighted by Gasteiger charge is -2.36. The van der Waals surface area contributed by atoms with Crippen LogP contribution in [0.15, 0.2) is 5.51 Å². The van der Waals surface area contributed by atoms with Crippen LogP contribution in [-0.4, -0.2) is 28.1 Å². The van der Waals surface area contributed by atoms with Gasteiger partial charge in [0.05, 0.1) is 11.2 Å². The maximum atomic E-state index is 12.8. The SMILES string of the molecule is Cc1ncsc1CCNC(=O)C1(C)CCc2c(C)c(O)c(C)c(C)c2O1. The molecule has 5 nitrogen and oxygen atoms in total. The summed E-state index contributed by atoms with van der Waals surface area (Å²) in [5.41, 5.74) is 5.55. The van der Waals surface area contributed by atoms with Crippen molar-refractivity contribution in [1.82, 2.24) is 10.3 Å². The Hall–Kier alpha value is -2.08. The fourth-order valence-corrected chi connectivity index (χ4v) is 4.23. The molecule has 1 aliphatic rings. The number of rotatable bonds is 4. The number of fused-ring (bicyclic) bond motifs is 1. The Morgan fingerprint density at radius 2 is 2.04 bits per heavy atom. The minimum atomic E-state index is -0.893. The normalized spacial score (nSPS) is 19.0. The second-order valence-electron chi connectivity index (χ2n) is 7.23. The van der Waals surface area contributed by atoms with Crippen molar-refractivity contribution in [2.24, 2.45) is 0 Å². The van der Waals surface area contributed by atoms with Crippen molar-refractivity contribution in [3.05, 3.63) is 38.3 Å². The first-order chi connectivity index (χ1) is 12.2. The molecule has 1 unspecified atom stereocenters. The first-order valence-corrected chi connectivity index (χ1v) is 9.80. The van der Waals surface area contributed by atoms with Gasteiger partial charge in [-0.2, -0.15) is 0 Å². The number of amides is 1. The van der Waals surface area contributed by atoms with Crippen LogP contribution in [0.1, 0.15) is 46.2 Å². The van der Waals surface area contributed by atoms with E-state index >= 15 is 0 Å². The second-order valence-corrected chi connectivity index (χ2v) is 8.17. The van der Waals surface area contributed by atoms with E-state index < -0.39 is 5.60 Å². The summed E-state index contributed by atoms with van der Waals surface area (Å²) in [5.74, 6) is 0.992. The van der Waals surface area contributed by atoms with E-state index in [0.29, 0.717) is 25.1 Å². The van der Waals surface area contributed by atoms with Crippen LogP contribution in [0, 0.1) is 27.7 Å². The summed E-state index contributed by atoms with van der Waals surface area (Å²) < 4.78 is 6.21. The zero-order chi connectivity index (χ0) is 19.1. The fraction of sp³-hybridized carbons (Fsp3) is 0.500.